The zero-order valence-electron chi connectivity index (χ0n) is 21.1. The molecule has 0 spiro atoms. The Morgan fingerprint density at radius 1 is 0.914 bits per heavy atom. The highest BCUT2D eigenvalue weighted by molar-refractivity contribution is 5.33. The normalized spacial score (nSPS) is 18.1. The maximum Gasteiger partial charge on any atom is 0.0589 e. The largest absolute Gasteiger partial charge is 0.383 e. The highest BCUT2D eigenvalue weighted by atomic mass is 16.5. The van der Waals surface area contributed by atoms with Crippen molar-refractivity contribution in [2.24, 2.45) is 5.92 Å². The van der Waals surface area contributed by atoms with Crippen molar-refractivity contribution >= 4 is 0 Å². The minimum atomic E-state index is 0.484. The van der Waals surface area contributed by atoms with Crippen molar-refractivity contribution in [1.29, 1.82) is 0 Å². The highest BCUT2D eigenvalue weighted by Gasteiger charge is 2.34. The van der Waals surface area contributed by atoms with Crippen molar-refractivity contribution in [2.75, 3.05) is 33.4 Å². The third-order valence-corrected chi connectivity index (χ3v) is 8.09. The van der Waals surface area contributed by atoms with Gasteiger partial charge in [0.15, 0.2) is 0 Å². The summed E-state index contributed by atoms with van der Waals surface area (Å²) < 4.78 is 5.54. The minimum absolute atomic E-state index is 0.484. The number of pyridine rings is 1. The van der Waals surface area contributed by atoms with Crippen molar-refractivity contribution in [2.45, 2.75) is 50.7 Å². The standard InChI is InChI=1S/C31H39N3O/c1-35-20-19-34(24-29-13-7-8-16-32-29)31(21-25-9-3-2-4-10-25)26-14-17-33(18-15-26)30-22-27-11-5-6-12-28(27)23-30/h2-13,16,26,30-31H,14-15,17-24H2,1H3/t31-/m0/s1. The number of nitrogens with zero attached hydrogens (tertiary/aromatic N) is 3. The Balaban J connectivity index is 1.30. The van der Waals surface area contributed by atoms with Crippen LogP contribution < -0.4 is 0 Å². The Kier molecular flexibility index (Phi) is 8.25. The van der Waals surface area contributed by atoms with Gasteiger partial charge in [-0.1, -0.05) is 60.7 Å². The second-order valence-corrected chi connectivity index (χ2v) is 10.2. The fourth-order valence-electron chi connectivity index (χ4n) is 6.18. The van der Waals surface area contributed by atoms with Gasteiger partial charge in [-0.2, -0.15) is 0 Å². The van der Waals surface area contributed by atoms with E-state index in [1.165, 1.54) is 44.3 Å². The molecule has 2 aromatic carbocycles. The Morgan fingerprint density at radius 3 is 2.26 bits per heavy atom. The summed E-state index contributed by atoms with van der Waals surface area (Å²) in [7, 11) is 1.81. The molecule has 0 unspecified atom stereocenters. The van der Waals surface area contributed by atoms with Crippen LogP contribution in [0.15, 0.2) is 79.0 Å². The van der Waals surface area contributed by atoms with Gasteiger partial charge >= 0.3 is 0 Å². The number of benzene rings is 2. The molecule has 35 heavy (non-hydrogen) atoms. The van der Waals surface area contributed by atoms with E-state index in [9.17, 15) is 0 Å². The van der Waals surface area contributed by atoms with E-state index in [-0.39, 0.29) is 0 Å². The molecule has 2 heterocycles. The molecule has 1 aliphatic heterocycles. The number of rotatable bonds is 10. The van der Waals surface area contributed by atoms with Crippen LogP contribution in [0.3, 0.4) is 0 Å². The first-order valence-corrected chi connectivity index (χ1v) is 13.3. The number of aromatic nitrogens is 1. The monoisotopic (exact) mass is 469 g/mol. The van der Waals surface area contributed by atoms with Gasteiger partial charge < -0.3 is 4.74 Å². The van der Waals surface area contributed by atoms with Crippen LogP contribution in [0.2, 0.25) is 0 Å². The van der Waals surface area contributed by atoms with Gasteiger partial charge in [-0.3, -0.25) is 14.8 Å². The lowest BCUT2D eigenvalue weighted by molar-refractivity contribution is 0.0488. The van der Waals surface area contributed by atoms with Crippen molar-refractivity contribution in [1.82, 2.24) is 14.8 Å². The maximum absolute atomic E-state index is 5.54. The van der Waals surface area contributed by atoms with Gasteiger partial charge in [0.05, 0.1) is 12.3 Å². The van der Waals surface area contributed by atoms with Crippen LogP contribution in [-0.4, -0.2) is 60.2 Å². The predicted molar refractivity (Wildman–Crippen MR) is 142 cm³/mol. The molecule has 0 saturated carbocycles. The Bertz CT molecular complexity index is 1010. The van der Waals surface area contributed by atoms with Gasteiger partial charge in [0.1, 0.15) is 0 Å². The molecule has 1 aliphatic carbocycles. The van der Waals surface area contributed by atoms with E-state index < -0.39 is 0 Å². The number of piperidine rings is 1. The predicted octanol–water partition coefficient (Wildman–Crippen LogP) is 5.02. The fraction of sp³-hybridized carbons (Fsp3) is 0.452. The maximum atomic E-state index is 5.54. The number of likely N-dealkylation sites (tertiary alicyclic amines) is 1. The summed E-state index contributed by atoms with van der Waals surface area (Å²) in [5.74, 6) is 0.677. The van der Waals surface area contributed by atoms with Crippen molar-refractivity contribution in [3.8, 4) is 0 Å². The summed E-state index contributed by atoms with van der Waals surface area (Å²) in [6.45, 7) is 4.96. The summed E-state index contributed by atoms with van der Waals surface area (Å²) in [6, 6.07) is 27.5. The Hall–Kier alpha value is -2.53. The topological polar surface area (TPSA) is 28.6 Å². The van der Waals surface area contributed by atoms with Gasteiger partial charge in [0.25, 0.3) is 0 Å². The average molecular weight is 470 g/mol. The van der Waals surface area contributed by atoms with Crippen LogP contribution in [-0.2, 0) is 30.5 Å². The third-order valence-electron chi connectivity index (χ3n) is 8.09. The molecule has 0 bridgehead atoms. The first-order valence-electron chi connectivity index (χ1n) is 13.3. The number of hydrogen-bond donors (Lipinski definition) is 0. The molecule has 1 saturated heterocycles. The van der Waals surface area contributed by atoms with Crippen LogP contribution >= 0.6 is 0 Å². The van der Waals surface area contributed by atoms with Gasteiger partial charge in [0, 0.05) is 38.5 Å². The molecule has 4 heteroatoms. The average Bonchev–Trinajstić information content (AvgIpc) is 3.36. The van der Waals surface area contributed by atoms with Gasteiger partial charge in [-0.25, -0.2) is 0 Å². The lowest BCUT2D eigenvalue weighted by Crippen LogP contribution is -2.49. The van der Waals surface area contributed by atoms with Crippen LogP contribution in [0, 0.1) is 5.92 Å². The molecule has 1 aromatic heterocycles. The lowest BCUT2D eigenvalue weighted by atomic mass is 9.84. The van der Waals surface area contributed by atoms with E-state index in [1.54, 1.807) is 11.1 Å². The van der Waals surface area contributed by atoms with E-state index >= 15 is 0 Å². The van der Waals surface area contributed by atoms with Crippen molar-refractivity contribution in [3.05, 3.63) is 101 Å². The van der Waals surface area contributed by atoms with Gasteiger partial charge in [-0.05, 0) is 79.9 Å². The van der Waals surface area contributed by atoms with E-state index in [1.807, 2.05) is 19.4 Å². The third kappa shape index (κ3) is 6.19. The van der Waals surface area contributed by atoms with E-state index in [0.717, 1.165) is 31.8 Å². The zero-order chi connectivity index (χ0) is 23.9. The molecular formula is C31H39N3O. The summed E-state index contributed by atoms with van der Waals surface area (Å²) in [4.78, 5) is 10.1. The van der Waals surface area contributed by atoms with Crippen LogP contribution in [0.4, 0.5) is 0 Å². The molecule has 0 amide bonds. The SMILES string of the molecule is COCCN(Cc1ccccn1)[C@@H](Cc1ccccc1)C1CCN(C2Cc3ccccc3C2)CC1. The molecule has 1 atom stereocenters. The van der Waals surface area contributed by atoms with Crippen molar-refractivity contribution < 1.29 is 4.74 Å². The molecule has 3 aromatic rings. The van der Waals surface area contributed by atoms with E-state index in [4.69, 9.17) is 4.74 Å². The van der Waals surface area contributed by atoms with Gasteiger partial charge in [0.2, 0.25) is 0 Å². The quantitative estimate of drug-likeness (QED) is 0.417. The minimum Gasteiger partial charge on any atom is -0.383 e. The molecule has 4 nitrogen and oxygen atoms in total. The first-order chi connectivity index (χ1) is 17.3. The van der Waals surface area contributed by atoms with Gasteiger partial charge in [-0.15, -0.1) is 0 Å². The summed E-state index contributed by atoms with van der Waals surface area (Å²) in [5, 5.41) is 0. The smallest absolute Gasteiger partial charge is 0.0589 e. The number of methoxy groups -OCH3 is 1. The second-order valence-electron chi connectivity index (χ2n) is 10.2. The Morgan fingerprint density at radius 2 is 1.60 bits per heavy atom. The van der Waals surface area contributed by atoms with Crippen molar-refractivity contribution in [3.63, 3.8) is 0 Å². The second kappa shape index (κ2) is 11.9. The molecule has 184 valence electrons. The summed E-state index contributed by atoms with van der Waals surface area (Å²) in [5.41, 5.74) is 5.68. The molecular weight excluding hydrogens is 430 g/mol. The fourth-order valence-corrected chi connectivity index (χ4v) is 6.18. The van der Waals surface area contributed by atoms with E-state index in [0.29, 0.717) is 18.0 Å². The highest BCUT2D eigenvalue weighted by Crippen LogP contribution is 2.32. The number of ether oxygens (including phenoxy) is 1. The van der Waals surface area contributed by atoms with Crippen LogP contribution in [0.5, 0.6) is 0 Å². The Labute approximate surface area is 210 Å². The molecule has 0 N–H and O–H groups in total. The zero-order valence-corrected chi connectivity index (χ0v) is 21.1. The molecule has 2 aliphatic rings. The van der Waals surface area contributed by atoms with Crippen LogP contribution in [0.1, 0.15) is 35.2 Å². The summed E-state index contributed by atoms with van der Waals surface area (Å²) in [6.07, 6.45) is 7.94. The summed E-state index contributed by atoms with van der Waals surface area (Å²) >= 11 is 0. The first kappa shape index (κ1) is 24.2. The number of fused-ring (bicyclic) bond motifs is 1. The van der Waals surface area contributed by atoms with Crippen LogP contribution in [0.25, 0.3) is 0 Å². The number of hydrogen-bond acceptors (Lipinski definition) is 4. The molecule has 0 radical (unpaired) electrons. The van der Waals surface area contributed by atoms with E-state index in [2.05, 4.69) is 81.5 Å². The lowest BCUT2D eigenvalue weighted by Gasteiger charge is -2.43. The molecule has 1 fully saturated rings. The molecule has 5 rings (SSSR count).